The van der Waals surface area contributed by atoms with Crippen molar-refractivity contribution in [3.05, 3.63) is 36.1 Å². The summed E-state index contributed by atoms with van der Waals surface area (Å²) in [5.41, 5.74) is 1.12. The summed E-state index contributed by atoms with van der Waals surface area (Å²) in [6, 6.07) is 0. The molecule has 0 aromatic carbocycles. The van der Waals surface area contributed by atoms with Crippen LogP contribution in [0.5, 0.6) is 0 Å². The zero-order chi connectivity index (χ0) is 12.7. The SMILES string of the molecule is C=C/C=C(C)\C(=C/CC)OC.CC.CC. The minimum Gasteiger partial charge on any atom is -0.497 e. The van der Waals surface area contributed by atoms with Gasteiger partial charge in [-0.2, -0.15) is 0 Å². The largest absolute Gasteiger partial charge is 0.497 e. The van der Waals surface area contributed by atoms with Crippen LogP contribution in [0.1, 0.15) is 48.0 Å². The van der Waals surface area contributed by atoms with Crippen LogP contribution in [0.2, 0.25) is 0 Å². The van der Waals surface area contributed by atoms with E-state index >= 15 is 0 Å². The molecule has 0 aromatic heterocycles. The van der Waals surface area contributed by atoms with E-state index in [1.807, 2.05) is 40.7 Å². The molecule has 0 aliphatic heterocycles. The lowest BCUT2D eigenvalue weighted by molar-refractivity contribution is 0.299. The second-order valence-corrected chi connectivity index (χ2v) is 2.27. The van der Waals surface area contributed by atoms with Crippen LogP contribution in [-0.2, 0) is 4.74 Å². The fourth-order valence-electron chi connectivity index (χ4n) is 0.850. The van der Waals surface area contributed by atoms with Crippen molar-refractivity contribution < 1.29 is 4.74 Å². The van der Waals surface area contributed by atoms with Crippen LogP contribution in [0.3, 0.4) is 0 Å². The molecule has 1 nitrogen and oxygen atoms in total. The summed E-state index contributed by atoms with van der Waals surface area (Å²) < 4.78 is 5.15. The van der Waals surface area contributed by atoms with Gasteiger partial charge in [0.15, 0.2) is 0 Å². The maximum absolute atomic E-state index is 5.15. The van der Waals surface area contributed by atoms with E-state index in [4.69, 9.17) is 4.74 Å². The third-order valence-electron chi connectivity index (χ3n) is 1.37. The average molecular weight is 212 g/mol. The van der Waals surface area contributed by atoms with Gasteiger partial charge in [0, 0.05) is 0 Å². The van der Waals surface area contributed by atoms with Gasteiger partial charge in [-0.25, -0.2) is 0 Å². The van der Waals surface area contributed by atoms with Gasteiger partial charge in [-0.3, -0.25) is 0 Å². The third-order valence-corrected chi connectivity index (χ3v) is 1.37. The molecule has 0 unspecified atom stereocenters. The van der Waals surface area contributed by atoms with E-state index < -0.39 is 0 Å². The smallest absolute Gasteiger partial charge is 0.117 e. The van der Waals surface area contributed by atoms with Gasteiger partial charge < -0.3 is 4.74 Å². The Hall–Kier alpha value is -0.980. The molecule has 0 aliphatic carbocycles. The van der Waals surface area contributed by atoms with Crippen LogP contribution >= 0.6 is 0 Å². The molecule has 0 bridgehead atoms. The normalized spacial score (nSPS) is 10.3. The Morgan fingerprint density at radius 1 is 1.20 bits per heavy atom. The molecule has 0 radical (unpaired) electrons. The van der Waals surface area contributed by atoms with Crippen LogP contribution in [0.25, 0.3) is 0 Å². The molecule has 90 valence electrons. The summed E-state index contributed by atoms with van der Waals surface area (Å²) >= 11 is 0. The molecule has 0 amide bonds. The Morgan fingerprint density at radius 2 is 1.67 bits per heavy atom. The lowest BCUT2D eigenvalue weighted by Gasteiger charge is -2.04. The first-order valence-corrected chi connectivity index (χ1v) is 5.80. The van der Waals surface area contributed by atoms with Crippen molar-refractivity contribution in [3.63, 3.8) is 0 Å². The maximum Gasteiger partial charge on any atom is 0.117 e. The Labute approximate surface area is 96.5 Å². The Balaban J connectivity index is -0.000000318. The predicted molar refractivity (Wildman–Crippen MR) is 72.0 cm³/mol. The molecule has 0 heterocycles. The van der Waals surface area contributed by atoms with Crippen molar-refractivity contribution in [1.29, 1.82) is 0 Å². The van der Waals surface area contributed by atoms with E-state index in [2.05, 4.69) is 19.6 Å². The number of hydrogen-bond acceptors (Lipinski definition) is 1. The molecule has 0 fully saturated rings. The van der Waals surface area contributed by atoms with Crippen molar-refractivity contribution >= 4 is 0 Å². The zero-order valence-corrected chi connectivity index (χ0v) is 11.6. The van der Waals surface area contributed by atoms with Crippen LogP contribution in [0.4, 0.5) is 0 Å². The van der Waals surface area contributed by atoms with Gasteiger partial charge in [0.05, 0.1) is 7.11 Å². The highest BCUT2D eigenvalue weighted by Crippen LogP contribution is 2.10. The first-order valence-electron chi connectivity index (χ1n) is 5.80. The minimum atomic E-state index is 0.937. The molecule has 0 aliphatic rings. The van der Waals surface area contributed by atoms with E-state index in [0.717, 1.165) is 17.8 Å². The fraction of sp³-hybridized carbons (Fsp3) is 0.571. The minimum absolute atomic E-state index is 0.937. The standard InChI is InChI=1S/C10H16O.2C2H6/c1-5-7-9(3)10(11-4)8-6-2;2*1-2/h5,7-8H,1,6H2,2-4H3;2*1-2H3/b9-7-,10-8+;;. The van der Waals surface area contributed by atoms with Gasteiger partial charge >= 0.3 is 0 Å². The van der Waals surface area contributed by atoms with Gasteiger partial charge in [0.2, 0.25) is 0 Å². The summed E-state index contributed by atoms with van der Waals surface area (Å²) in [6.07, 6.45) is 6.74. The molecule has 0 spiro atoms. The predicted octanol–water partition coefficient (Wildman–Crippen LogP) is 5.11. The van der Waals surface area contributed by atoms with Crippen LogP contribution in [-0.4, -0.2) is 7.11 Å². The second kappa shape index (κ2) is 18.7. The molecule has 1 heteroatoms. The first kappa shape index (κ1) is 19.6. The van der Waals surface area contributed by atoms with Gasteiger partial charge in [-0.1, -0.05) is 53.3 Å². The topological polar surface area (TPSA) is 9.23 Å². The average Bonchev–Trinajstić information content (AvgIpc) is 2.31. The molecule has 0 atom stereocenters. The van der Waals surface area contributed by atoms with Crippen LogP contribution < -0.4 is 0 Å². The summed E-state index contributed by atoms with van der Waals surface area (Å²) in [7, 11) is 1.68. The quantitative estimate of drug-likeness (QED) is 0.464. The number of ether oxygens (including phenoxy) is 1. The Kier molecular flexibility index (Phi) is 24.4. The third kappa shape index (κ3) is 13.0. The van der Waals surface area contributed by atoms with E-state index in [1.165, 1.54) is 0 Å². The number of methoxy groups -OCH3 is 1. The highest BCUT2D eigenvalue weighted by Gasteiger charge is 1.95. The Bertz CT molecular complexity index is 176. The van der Waals surface area contributed by atoms with Crippen molar-refractivity contribution in [2.75, 3.05) is 7.11 Å². The van der Waals surface area contributed by atoms with Crippen molar-refractivity contribution in [3.8, 4) is 0 Å². The zero-order valence-electron chi connectivity index (χ0n) is 11.6. The molecular weight excluding hydrogens is 184 g/mol. The van der Waals surface area contributed by atoms with Gasteiger partial charge in [-0.05, 0) is 25.0 Å². The van der Waals surface area contributed by atoms with Crippen molar-refractivity contribution in [2.45, 2.75) is 48.0 Å². The second-order valence-electron chi connectivity index (χ2n) is 2.27. The number of hydrogen-bond donors (Lipinski definition) is 0. The van der Waals surface area contributed by atoms with E-state index in [9.17, 15) is 0 Å². The molecule has 0 aromatic rings. The van der Waals surface area contributed by atoms with Crippen LogP contribution in [0.15, 0.2) is 36.1 Å². The molecule has 0 rings (SSSR count). The highest BCUT2D eigenvalue weighted by molar-refractivity contribution is 5.26. The summed E-state index contributed by atoms with van der Waals surface area (Å²) in [5, 5.41) is 0. The summed E-state index contributed by atoms with van der Waals surface area (Å²) in [6.45, 7) is 15.7. The van der Waals surface area contributed by atoms with E-state index in [1.54, 1.807) is 13.2 Å². The van der Waals surface area contributed by atoms with E-state index in [-0.39, 0.29) is 0 Å². The lowest BCUT2D eigenvalue weighted by Crippen LogP contribution is -1.87. The molecular formula is C14H28O. The first-order chi connectivity index (χ1) is 7.26. The monoisotopic (exact) mass is 212 g/mol. The molecule has 0 N–H and O–H groups in total. The molecule has 15 heavy (non-hydrogen) atoms. The van der Waals surface area contributed by atoms with Gasteiger partial charge in [0.25, 0.3) is 0 Å². The maximum atomic E-state index is 5.15. The Morgan fingerprint density at radius 3 is 1.93 bits per heavy atom. The van der Waals surface area contributed by atoms with Crippen molar-refractivity contribution in [2.24, 2.45) is 0 Å². The molecule has 0 saturated heterocycles. The molecule has 0 saturated carbocycles. The van der Waals surface area contributed by atoms with Crippen LogP contribution in [0, 0.1) is 0 Å². The summed E-state index contributed by atoms with van der Waals surface area (Å²) in [5.74, 6) is 0.937. The van der Waals surface area contributed by atoms with Gasteiger partial charge in [-0.15, -0.1) is 0 Å². The van der Waals surface area contributed by atoms with E-state index in [0.29, 0.717) is 0 Å². The number of rotatable bonds is 4. The highest BCUT2D eigenvalue weighted by atomic mass is 16.5. The van der Waals surface area contributed by atoms with Crippen molar-refractivity contribution in [1.82, 2.24) is 0 Å². The lowest BCUT2D eigenvalue weighted by atomic mass is 10.2. The number of allylic oxidation sites excluding steroid dienone is 4. The fourth-order valence-corrected chi connectivity index (χ4v) is 0.850. The van der Waals surface area contributed by atoms with Gasteiger partial charge in [0.1, 0.15) is 5.76 Å². The summed E-state index contributed by atoms with van der Waals surface area (Å²) in [4.78, 5) is 0.